The van der Waals surface area contributed by atoms with E-state index >= 15 is 0 Å². The molecule has 0 aliphatic carbocycles. The molecule has 1 atom stereocenters. The van der Waals surface area contributed by atoms with Crippen molar-refractivity contribution >= 4 is 28.0 Å². The Kier molecular flexibility index (Phi) is 3.99. The Morgan fingerprint density at radius 3 is 2.80 bits per heavy atom. The van der Waals surface area contributed by atoms with Gasteiger partial charge >= 0.3 is 0 Å². The summed E-state index contributed by atoms with van der Waals surface area (Å²) in [5.74, 6) is 0. The molecule has 104 valence electrons. The van der Waals surface area contributed by atoms with Gasteiger partial charge in [0.15, 0.2) is 0 Å². The molecule has 3 heteroatoms. The number of nitrogens with two attached hydrogens (primary N) is 1. The molecular weight excluding hydrogens is 264 g/mol. The molecule has 2 nitrogen and oxygen atoms in total. The summed E-state index contributed by atoms with van der Waals surface area (Å²) < 4.78 is 0. The number of fused-ring (bicyclic) bond motifs is 1. The maximum atomic E-state index is 5.91. The first-order chi connectivity index (χ1) is 9.75. The van der Waals surface area contributed by atoms with Crippen molar-refractivity contribution in [1.82, 2.24) is 4.90 Å². The summed E-state index contributed by atoms with van der Waals surface area (Å²) >= 11 is 5.24. The van der Waals surface area contributed by atoms with Gasteiger partial charge in [-0.2, -0.15) is 0 Å². The number of hydrogen-bond donors (Lipinski definition) is 1. The van der Waals surface area contributed by atoms with Crippen LogP contribution in [0, 0.1) is 0 Å². The fourth-order valence-electron chi connectivity index (χ4n) is 3.15. The summed E-state index contributed by atoms with van der Waals surface area (Å²) in [7, 11) is 0. The maximum absolute atomic E-state index is 5.91. The van der Waals surface area contributed by atoms with Crippen LogP contribution >= 0.6 is 12.2 Å². The van der Waals surface area contributed by atoms with E-state index < -0.39 is 0 Å². The summed E-state index contributed by atoms with van der Waals surface area (Å²) in [4.78, 5) is 3.08. The molecule has 3 rings (SSSR count). The van der Waals surface area contributed by atoms with E-state index in [9.17, 15) is 0 Å². The molecule has 1 unspecified atom stereocenters. The topological polar surface area (TPSA) is 29.3 Å². The average molecular weight is 284 g/mol. The van der Waals surface area contributed by atoms with Gasteiger partial charge in [0.2, 0.25) is 0 Å². The van der Waals surface area contributed by atoms with E-state index in [1.165, 1.54) is 29.2 Å². The number of likely N-dealkylation sites (tertiary alicyclic amines) is 1. The fourth-order valence-corrected chi connectivity index (χ4v) is 3.42. The van der Waals surface area contributed by atoms with Crippen LogP contribution in [0.2, 0.25) is 0 Å². The summed E-state index contributed by atoms with van der Waals surface area (Å²) in [6.45, 7) is 2.02. The summed E-state index contributed by atoms with van der Waals surface area (Å²) in [5, 5.41) is 2.64. The van der Waals surface area contributed by atoms with Crippen LogP contribution in [0.15, 0.2) is 42.5 Å². The Morgan fingerprint density at radius 1 is 1.15 bits per heavy atom. The minimum atomic E-state index is 0.262. The largest absolute Gasteiger partial charge is 0.392 e. The van der Waals surface area contributed by atoms with E-state index in [0.717, 1.165) is 19.5 Å². The number of rotatable bonds is 3. The standard InChI is InChI=1S/C17H20N2S/c18-17(20)16-10-3-4-11-19(16)12-14-8-5-7-13-6-1-2-9-15(13)14/h1-2,5-9,16H,3-4,10-12H2,(H2,18,20). The lowest BCUT2D eigenvalue weighted by Crippen LogP contribution is -2.46. The lowest BCUT2D eigenvalue weighted by Gasteiger charge is -2.35. The van der Waals surface area contributed by atoms with Crippen LogP contribution in [0.4, 0.5) is 0 Å². The predicted molar refractivity (Wildman–Crippen MR) is 88.8 cm³/mol. The van der Waals surface area contributed by atoms with Crippen LogP contribution in [0.1, 0.15) is 24.8 Å². The highest BCUT2D eigenvalue weighted by Gasteiger charge is 2.24. The second kappa shape index (κ2) is 5.90. The molecular formula is C17H20N2S. The normalized spacial score (nSPS) is 20.1. The highest BCUT2D eigenvalue weighted by molar-refractivity contribution is 7.80. The van der Waals surface area contributed by atoms with Gasteiger partial charge in [0.1, 0.15) is 0 Å². The van der Waals surface area contributed by atoms with Crippen molar-refractivity contribution in [2.75, 3.05) is 6.54 Å². The van der Waals surface area contributed by atoms with Crippen molar-refractivity contribution in [2.45, 2.75) is 31.8 Å². The second-order valence-corrected chi connectivity index (χ2v) is 5.99. The summed E-state index contributed by atoms with van der Waals surface area (Å²) in [6, 6.07) is 15.3. The zero-order valence-electron chi connectivity index (χ0n) is 11.6. The molecule has 2 N–H and O–H groups in total. The Balaban J connectivity index is 1.90. The van der Waals surface area contributed by atoms with Crippen molar-refractivity contribution in [3.8, 4) is 0 Å². The molecule has 20 heavy (non-hydrogen) atoms. The van der Waals surface area contributed by atoms with Gasteiger partial charge in [-0.25, -0.2) is 0 Å². The number of piperidine rings is 1. The van der Waals surface area contributed by atoms with Crippen molar-refractivity contribution in [1.29, 1.82) is 0 Å². The third-order valence-electron chi connectivity index (χ3n) is 4.20. The number of thiocarbonyl (C=S) groups is 1. The van der Waals surface area contributed by atoms with E-state index in [2.05, 4.69) is 47.4 Å². The zero-order chi connectivity index (χ0) is 13.9. The molecule has 0 aromatic heterocycles. The van der Waals surface area contributed by atoms with E-state index in [1.807, 2.05) is 0 Å². The number of nitrogens with zero attached hydrogens (tertiary/aromatic N) is 1. The zero-order valence-corrected chi connectivity index (χ0v) is 12.4. The second-order valence-electron chi connectivity index (χ2n) is 5.52. The summed E-state index contributed by atoms with van der Waals surface area (Å²) in [5.41, 5.74) is 7.28. The smallest absolute Gasteiger partial charge is 0.0902 e. The molecule has 1 heterocycles. The molecule has 0 amide bonds. The third-order valence-corrected chi connectivity index (χ3v) is 4.47. The Hall–Kier alpha value is -1.45. The molecule has 1 aliphatic rings. The molecule has 0 spiro atoms. The van der Waals surface area contributed by atoms with Crippen LogP contribution < -0.4 is 5.73 Å². The fraction of sp³-hybridized carbons (Fsp3) is 0.353. The Morgan fingerprint density at radius 2 is 1.95 bits per heavy atom. The van der Waals surface area contributed by atoms with Gasteiger partial charge in [-0.3, -0.25) is 4.90 Å². The lowest BCUT2D eigenvalue weighted by molar-refractivity contribution is 0.185. The highest BCUT2D eigenvalue weighted by Crippen LogP contribution is 2.24. The molecule has 0 bridgehead atoms. The van der Waals surface area contributed by atoms with Crippen LogP contribution in [0.3, 0.4) is 0 Å². The van der Waals surface area contributed by atoms with Gasteiger partial charge in [0.05, 0.1) is 11.0 Å². The molecule has 1 saturated heterocycles. The van der Waals surface area contributed by atoms with Crippen molar-refractivity contribution < 1.29 is 0 Å². The number of benzene rings is 2. The molecule has 0 radical (unpaired) electrons. The first-order valence-corrected chi connectivity index (χ1v) is 7.66. The average Bonchev–Trinajstić information content (AvgIpc) is 2.48. The Bertz CT molecular complexity index is 618. The minimum Gasteiger partial charge on any atom is -0.392 e. The van der Waals surface area contributed by atoms with Crippen LogP contribution in [-0.2, 0) is 6.54 Å². The molecule has 0 saturated carbocycles. The Labute approximate surface area is 125 Å². The maximum Gasteiger partial charge on any atom is 0.0902 e. The van der Waals surface area contributed by atoms with Crippen LogP contribution in [0.25, 0.3) is 10.8 Å². The van der Waals surface area contributed by atoms with Gasteiger partial charge in [-0.05, 0) is 35.7 Å². The first kappa shape index (κ1) is 13.5. The molecule has 2 aromatic carbocycles. The van der Waals surface area contributed by atoms with Crippen LogP contribution in [-0.4, -0.2) is 22.5 Å². The first-order valence-electron chi connectivity index (χ1n) is 7.26. The monoisotopic (exact) mass is 284 g/mol. The SMILES string of the molecule is NC(=S)C1CCCCN1Cc1cccc2ccccc12. The van der Waals surface area contributed by atoms with Crippen molar-refractivity contribution in [3.63, 3.8) is 0 Å². The van der Waals surface area contributed by atoms with Crippen molar-refractivity contribution in [2.24, 2.45) is 5.73 Å². The summed E-state index contributed by atoms with van der Waals surface area (Å²) in [6.07, 6.45) is 3.57. The van der Waals surface area contributed by atoms with Crippen molar-refractivity contribution in [3.05, 3.63) is 48.0 Å². The van der Waals surface area contributed by atoms with Gasteiger partial charge in [-0.1, -0.05) is 61.1 Å². The van der Waals surface area contributed by atoms with Gasteiger partial charge in [-0.15, -0.1) is 0 Å². The predicted octanol–water partition coefficient (Wildman–Crippen LogP) is 3.48. The van der Waals surface area contributed by atoms with E-state index in [0.29, 0.717) is 4.99 Å². The van der Waals surface area contributed by atoms with Gasteiger partial charge in [0, 0.05) is 6.54 Å². The van der Waals surface area contributed by atoms with Gasteiger partial charge in [0.25, 0.3) is 0 Å². The van der Waals surface area contributed by atoms with Crippen LogP contribution in [0.5, 0.6) is 0 Å². The third kappa shape index (κ3) is 2.69. The quantitative estimate of drug-likeness (QED) is 0.875. The highest BCUT2D eigenvalue weighted by atomic mass is 32.1. The lowest BCUT2D eigenvalue weighted by atomic mass is 9.99. The molecule has 1 aliphatic heterocycles. The minimum absolute atomic E-state index is 0.262. The van der Waals surface area contributed by atoms with E-state index in [-0.39, 0.29) is 6.04 Å². The van der Waals surface area contributed by atoms with Gasteiger partial charge < -0.3 is 5.73 Å². The number of hydrogen-bond acceptors (Lipinski definition) is 2. The molecule has 1 fully saturated rings. The van der Waals surface area contributed by atoms with E-state index in [4.69, 9.17) is 18.0 Å². The molecule has 2 aromatic rings. The van der Waals surface area contributed by atoms with E-state index in [1.54, 1.807) is 0 Å².